The molecule has 2 aromatic carbocycles. The molecule has 3 aromatic rings. The number of aryl methyl sites for hydroxylation is 2. The highest BCUT2D eigenvalue weighted by Crippen LogP contribution is 2.26. The molecular formula is C24H25ClN4O2. The molecule has 1 saturated heterocycles. The van der Waals surface area contributed by atoms with Gasteiger partial charge in [-0.1, -0.05) is 23.7 Å². The standard InChI is InChI=1S/C24H25ClN4O2/c1-15-9-10-20(13-22(15)25)29-17(3)21(16(2)27-29)14-23(30)26-18-6-4-7-19(12-18)28-11-5-8-24(28)31/h4,6-7,9-10,12-13H,5,8,11,14H2,1-3H3,(H,26,30). The van der Waals surface area contributed by atoms with E-state index in [9.17, 15) is 9.59 Å². The van der Waals surface area contributed by atoms with Crippen molar-refractivity contribution in [3.05, 3.63) is 70.0 Å². The Morgan fingerprint density at radius 2 is 1.94 bits per heavy atom. The van der Waals surface area contributed by atoms with Crippen LogP contribution in [0.4, 0.5) is 11.4 Å². The van der Waals surface area contributed by atoms with E-state index in [0.29, 0.717) is 17.1 Å². The van der Waals surface area contributed by atoms with Crippen LogP contribution in [-0.2, 0) is 16.0 Å². The van der Waals surface area contributed by atoms with E-state index in [1.165, 1.54) is 0 Å². The predicted octanol–water partition coefficient (Wildman–Crippen LogP) is 4.76. The zero-order valence-corrected chi connectivity index (χ0v) is 18.7. The van der Waals surface area contributed by atoms with E-state index in [0.717, 1.165) is 46.9 Å². The second-order valence-corrected chi connectivity index (χ2v) is 8.33. The molecule has 2 amide bonds. The summed E-state index contributed by atoms with van der Waals surface area (Å²) in [4.78, 5) is 26.5. The smallest absolute Gasteiger partial charge is 0.228 e. The Labute approximate surface area is 186 Å². The molecule has 1 fully saturated rings. The molecule has 0 atom stereocenters. The van der Waals surface area contributed by atoms with Crippen molar-refractivity contribution in [2.75, 3.05) is 16.8 Å². The Bertz CT molecular complexity index is 1170. The summed E-state index contributed by atoms with van der Waals surface area (Å²) >= 11 is 6.28. The summed E-state index contributed by atoms with van der Waals surface area (Å²) < 4.78 is 1.82. The van der Waals surface area contributed by atoms with Crippen molar-refractivity contribution in [2.24, 2.45) is 0 Å². The van der Waals surface area contributed by atoms with Crippen LogP contribution in [0.3, 0.4) is 0 Å². The van der Waals surface area contributed by atoms with Crippen LogP contribution in [0, 0.1) is 20.8 Å². The third-order valence-electron chi connectivity index (χ3n) is 5.69. The fourth-order valence-corrected chi connectivity index (χ4v) is 4.11. The first-order chi connectivity index (χ1) is 14.8. The molecule has 4 rings (SSSR count). The van der Waals surface area contributed by atoms with Crippen molar-refractivity contribution in [1.82, 2.24) is 9.78 Å². The monoisotopic (exact) mass is 436 g/mol. The van der Waals surface area contributed by atoms with Gasteiger partial charge in [0.15, 0.2) is 0 Å². The highest BCUT2D eigenvalue weighted by atomic mass is 35.5. The van der Waals surface area contributed by atoms with Gasteiger partial charge in [-0.2, -0.15) is 5.10 Å². The topological polar surface area (TPSA) is 67.2 Å². The zero-order valence-electron chi connectivity index (χ0n) is 17.9. The maximum Gasteiger partial charge on any atom is 0.228 e. The van der Waals surface area contributed by atoms with E-state index >= 15 is 0 Å². The lowest BCUT2D eigenvalue weighted by atomic mass is 10.1. The van der Waals surface area contributed by atoms with E-state index in [-0.39, 0.29) is 18.2 Å². The summed E-state index contributed by atoms with van der Waals surface area (Å²) in [5, 5.41) is 8.26. The third kappa shape index (κ3) is 4.35. The van der Waals surface area contributed by atoms with Crippen LogP contribution in [0.15, 0.2) is 42.5 Å². The molecule has 0 unspecified atom stereocenters. The summed E-state index contributed by atoms with van der Waals surface area (Å²) in [5.74, 6) is -0.00376. The summed E-state index contributed by atoms with van der Waals surface area (Å²) in [7, 11) is 0. The van der Waals surface area contributed by atoms with Gasteiger partial charge in [-0.05, 0) is 63.1 Å². The molecule has 31 heavy (non-hydrogen) atoms. The minimum atomic E-state index is -0.127. The molecule has 1 N–H and O–H groups in total. The Kier molecular flexibility index (Phi) is 5.83. The number of halogens is 1. The van der Waals surface area contributed by atoms with Gasteiger partial charge in [0.05, 0.1) is 17.8 Å². The highest BCUT2D eigenvalue weighted by molar-refractivity contribution is 6.31. The first kappa shape index (κ1) is 21.1. The van der Waals surface area contributed by atoms with Crippen molar-refractivity contribution in [3.8, 4) is 5.69 Å². The first-order valence-electron chi connectivity index (χ1n) is 10.4. The molecule has 2 heterocycles. The summed E-state index contributed by atoms with van der Waals surface area (Å²) in [6, 6.07) is 13.2. The summed E-state index contributed by atoms with van der Waals surface area (Å²) in [6.45, 7) is 6.53. The Morgan fingerprint density at radius 1 is 1.13 bits per heavy atom. The highest BCUT2D eigenvalue weighted by Gasteiger charge is 2.22. The third-order valence-corrected chi connectivity index (χ3v) is 6.10. The van der Waals surface area contributed by atoms with E-state index in [4.69, 9.17) is 11.6 Å². The molecule has 0 aliphatic carbocycles. The zero-order chi connectivity index (χ0) is 22.1. The molecule has 1 aliphatic rings. The molecule has 7 heteroatoms. The maximum atomic E-state index is 12.8. The number of hydrogen-bond donors (Lipinski definition) is 1. The second kappa shape index (κ2) is 8.55. The van der Waals surface area contributed by atoms with E-state index < -0.39 is 0 Å². The number of nitrogens with zero attached hydrogens (tertiary/aromatic N) is 3. The number of hydrogen-bond acceptors (Lipinski definition) is 3. The number of nitrogens with one attached hydrogen (secondary N) is 1. The van der Waals surface area contributed by atoms with Gasteiger partial charge in [-0.15, -0.1) is 0 Å². The number of aromatic nitrogens is 2. The van der Waals surface area contributed by atoms with Crippen molar-refractivity contribution >= 4 is 34.8 Å². The fourth-order valence-electron chi connectivity index (χ4n) is 3.93. The van der Waals surface area contributed by atoms with Crippen LogP contribution in [0.25, 0.3) is 5.69 Å². The molecule has 6 nitrogen and oxygen atoms in total. The Morgan fingerprint density at radius 3 is 2.65 bits per heavy atom. The van der Waals surface area contributed by atoms with Crippen LogP contribution >= 0.6 is 11.6 Å². The summed E-state index contributed by atoms with van der Waals surface area (Å²) in [5.41, 5.74) is 5.96. The quantitative estimate of drug-likeness (QED) is 0.627. The van der Waals surface area contributed by atoms with E-state index in [2.05, 4.69) is 10.4 Å². The lowest BCUT2D eigenvalue weighted by molar-refractivity contribution is -0.117. The van der Waals surface area contributed by atoms with Gasteiger partial charge in [0, 0.05) is 40.6 Å². The molecule has 160 valence electrons. The molecule has 0 radical (unpaired) electrons. The summed E-state index contributed by atoms with van der Waals surface area (Å²) in [6.07, 6.45) is 1.65. The minimum Gasteiger partial charge on any atom is -0.326 e. The normalized spacial score (nSPS) is 13.7. The van der Waals surface area contributed by atoms with Crippen molar-refractivity contribution < 1.29 is 9.59 Å². The van der Waals surface area contributed by atoms with Gasteiger partial charge in [0.25, 0.3) is 0 Å². The van der Waals surface area contributed by atoms with Crippen LogP contribution in [-0.4, -0.2) is 28.1 Å². The molecule has 1 aliphatic heterocycles. The number of carbonyl (C=O) groups excluding carboxylic acids is 2. The largest absolute Gasteiger partial charge is 0.326 e. The molecule has 0 bridgehead atoms. The van der Waals surface area contributed by atoms with Crippen molar-refractivity contribution in [2.45, 2.75) is 40.0 Å². The van der Waals surface area contributed by atoms with Crippen molar-refractivity contribution in [1.29, 1.82) is 0 Å². The van der Waals surface area contributed by atoms with Crippen LogP contribution in [0.2, 0.25) is 5.02 Å². The lowest BCUT2D eigenvalue weighted by Gasteiger charge is -2.16. The number of benzene rings is 2. The number of carbonyl (C=O) groups is 2. The Hall–Kier alpha value is -3.12. The van der Waals surface area contributed by atoms with E-state index in [1.54, 1.807) is 4.90 Å². The van der Waals surface area contributed by atoms with Crippen LogP contribution in [0.5, 0.6) is 0 Å². The van der Waals surface area contributed by atoms with Gasteiger partial charge in [0.2, 0.25) is 11.8 Å². The number of amides is 2. The average Bonchev–Trinajstić information content (AvgIpc) is 3.28. The van der Waals surface area contributed by atoms with Gasteiger partial charge in [-0.3, -0.25) is 9.59 Å². The van der Waals surface area contributed by atoms with Crippen molar-refractivity contribution in [3.63, 3.8) is 0 Å². The molecule has 1 aromatic heterocycles. The molecule has 0 spiro atoms. The predicted molar refractivity (Wildman–Crippen MR) is 123 cm³/mol. The van der Waals surface area contributed by atoms with Crippen LogP contribution in [0.1, 0.15) is 35.4 Å². The Balaban J connectivity index is 1.51. The SMILES string of the molecule is Cc1ccc(-n2nc(C)c(CC(=O)Nc3cccc(N4CCCC4=O)c3)c2C)cc1Cl. The van der Waals surface area contributed by atoms with Gasteiger partial charge >= 0.3 is 0 Å². The second-order valence-electron chi connectivity index (χ2n) is 7.92. The van der Waals surface area contributed by atoms with Crippen LogP contribution < -0.4 is 10.2 Å². The average molecular weight is 437 g/mol. The molecular weight excluding hydrogens is 412 g/mol. The van der Waals surface area contributed by atoms with Gasteiger partial charge in [0.1, 0.15) is 0 Å². The fraction of sp³-hybridized carbons (Fsp3) is 0.292. The first-order valence-corrected chi connectivity index (χ1v) is 10.7. The maximum absolute atomic E-state index is 12.8. The lowest BCUT2D eigenvalue weighted by Crippen LogP contribution is -2.24. The minimum absolute atomic E-state index is 0.123. The number of rotatable bonds is 5. The van der Waals surface area contributed by atoms with Gasteiger partial charge in [-0.25, -0.2) is 4.68 Å². The van der Waals surface area contributed by atoms with Gasteiger partial charge < -0.3 is 10.2 Å². The molecule has 0 saturated carbocycles. The number of anilines is 2. The van der Waals surface area contributed by atoms with E-state index in [1.807, 2.05) is 67.9 Å².